The van der Waals surface area contributed by atoms with Gasteiger partial charge >= 0.3 is 0 Å². The highest BCUT2D eigenvalue weighted by molar-refractivity contribution is 9.11. The van der Waals surface area contributed by atoms with Crippen molar-refractivity contribution in [2.24, 2.45) is 7.05 Å². The Labute approximate surface area is 128 Å². The lowest BCUT2D eigenvalue weighted by Crippen LogP contribution is -2.21. The van der Waals surface area contributed by atoms with Crippen LogP contribution >= 0.6 is 27.3 Å². The van der Waals surface area contributed by atoms with E-state index >= 15 is 0 Å². The molecule has 108 valence electrons. The Hall–Kier alpha value is -1.39. The summed E-state index contributed by atoms with van der Waals surface area (Å²) in [7, 11) is -0.685. The number of hydrogen-bond acceptors (Lipinski definition) is 5. The summed E-state index contributed by atoms with van der Waals surface area (Å²) in [5, 5.41) is 6.35. The minimum Gasteiger partial charge on any atom is -0.354 e. The molecule has 2 N–H and O–H groups in total. The van der Waals surface area contributed by atoms with Gasteiger partial charge in [0.25, 0.3) is 15.9 Å². The second-order valence-corrected chi connectivity index (χ2v) is 8.18. The van der Waals surface area contributed by atoms with Crippen molar-refractivity contribution in [3.05, 3.63) is 27.8 Å². The van der Waals surface area contributed by atoms with Gasteiger partial charge in [0.2, 0.25) is 0 Å². The lowest BCUT2D eigenvalue weighted by Gasteiger charge is -2.05. The number of thiophene rings is 1. The van der Waals surface area contributed by atoms with Crippen molar-refractivity contribution >= 4 is 48.9 Å². The molecule has 0 saturated heterocycles. The predicted molar refractivity (Wildman–Crippen MR) is 79.4 cm³/mol. The van der Waals surface area contributed by atoms with Crippen molar-refractivity contribution in [1.82, 2.24) is 15.1 Å². The van der Waals surface area contributed by atoms with E-state index in [1.165, 1.54) is 24.0 Å². The number of rotatable bonds is 4. The quantitative estimate of drug-likeness (QED) is 0.840. The summed E-state index contributed by atoms with van der Waals surface area (Å²) < 4.78 is 29.0. The van der Waals surface area contributed by atoms with Crippen LogP contribution in [0.2, 0.25) is 0 Å². The minimum absolute atomic E-state index is 0.0224. The molecule has 0 atom stereocenters. The van der Waals surface area contributed by atoms with Gasteiger partial charge in [-0.15, -0.1) is 11.3 Å². The highest BCUT2D eigenvalue weighted by Crippen LogP contribution is 2.28. The minimum atomic E-state index is -3.74. The van der Waals surface area contributed by atoms with E-state index in [0.29, 0.717) is 3.79 Å². The van der Waals surface area contributed by atoms with Crippen LogP contribution in [0.25, 0.3) is 0 Å². The molecule has 2 aromatic rings. The lowest BCUT2D eigenvalue weighted by molar-refractivity contribution is 0.0958. The molecule has 1 amide bonds. The highest BCUT2D eigenvalue weighted by Gasteiger charge is 2.22. The Bertz CT molecular complexity index is 750. The number of anilines is 1. The number of aryl methyl sites for hydroxylation is 1. The van der Waals surface area contributed by atoms with Crippen molar-refractivity contribution < 1.29 is 13.2 Å². The standard InChI is InChI=1S/C10H11BrN4O3S2/c1-12-10(16)9-6(5-15(2)13-9)14-20(17,18)8-4-3-7(11)19-8/h3-5,14H,1-2H3,(H,12,16). The van der Waals surface area contributed by atoms with E-state index in [1.807, 2.05) is 0 Å². The summed E-state index contributed by atoms with van der Waals surface area (Å²) in [6.07, 6.45) is 1.44. The molecule has 0 aliphatic carbocycles. The van der Waals surface area contributed by atoms with Crippen molar-refractivity contribution in [3.63, 3.8) is 0 Å². The van der Waals surface area contributed by atoms with Gasteiger partial charge in [-0.1, -0.05) is 0 Å². The molecule has 2 aromatic heterocycles. The fourth-order valence-electron chi connectivity index (χ4n) is 1.49. The van der Waals surface area contributed by atoms with Gasteiger partial charge < -0.3 is 5.32 Å². The fraction of sp³-hybridized carbons (Fsp3) is 0.200. The van der Waals surface area contributed by atoms with E-state index in [-0.39, 0.29) is 15.6 Å². The molecular weight excluding hydrogens is 368 g/mol. The molecule has 2 heterocycles. The summed E-state index contributed by atoms with van der Waals surface area (Å²) in [4.78, 5) is 11.6. The van der Waals surface area contributed by atoms with Crippen molar-refractivity contribution in [3.8, 4) is 0 Å². The lowest BCUT2D eigenvalue weighted by atomic mass is 10.3. The largest absolute Gasteiger partial charge is 0.354 e. The molecule has 7 nitrogen and oxygen atoms in total. The van der Waals surface area contributed by atoms with Crippen LogP contribution in [-0.4, -0.2) is 31.2 Å². The molecule has 2 rings (SSSR count). The van der Waals surface area contributed by atoms with E-state index < -0.39 is 15.9 Å². The second kappa shape index (κ2) is 5.54. The van der Waals surface area contributed by atoms with Gasteiger partial charge in [0.1, 0.15) is 4.21 Å². The van der Waals surface area contributed by atoms with E-state index in [0.717, 1.165) is 11.3 Å². The van der Waals surface area contributed by atoms with Crippen LogP contribution in [0.5, 0.6) is 0 Å². The monoisotopic (exact) mass is 378 g/mol. The second-order valence-electron chi connectivity index (χ2n) is 3.81. The van der Waals surface area contributed by atoms with Gasteiger partial charge in [-0.2, -0.15) is 5.10 Å². The zero-order chi connectivity index (χ0) is 14.9. The summed E-state index contributed by atoms with van der Waals surface area (Å²) in [6.45, 7) is 0. The zero-order valence-electron chi connectivity index (χ0n) is 10.5. The number of amides is 1. The van der Waals surface area contributed by atoms with Crippen molar-refractivity contribution in [2.45, 2.75) is 4.21 Å². The third-order valence-corrected chi connectivity index (χ3v) is 5.81. The number of sulfonamides is 1. The average Bonchev–Trinajstić information content (AvgIpc) is 2.95. The summed E-state index contributed by atoms with van der Waals surface area (Å²) in [5.41, 5.74) is 0.158. The van der Waals surface area contributed by atoms with Crippen LogP contribution in [0.3, 0.4) is 0 Å². The maximum Gasteiger partial charge on any atom is 0.273 e. The number of aromatic nitrogens is 2. The maximum absolute atomic E-state index is 12.2. The Kier molecular flexibility index (Phi) is 4.16. The first-order valence-electron chi connectivity index (χ1n) is 5.37. The van der Waals surface area contributed by atoms with Gasteiger partial charge in [0, 0.05) is 20.3 Å². The van der Waals surface area contributed by atoms with Gasteiger partial charge in [0.15, 0.2) is 5.69 Å². The normalized spacial score (nSPS) is 11.3. The molecule has 0 radical (unpaired) electrons. The SMILES string of the molecule is CNC(=O)c1nn(C)cc1NS(=O)(=O)c1ccc(Br)s1. The van der Waals surface area contributed by atoms with Crippen LogP contribution in [0, 0.1) is 0 Å². The molecule has 20 heavy (non-hydrogen) atoms. The molecule has 0 saturated carbocycles. The Morgan fingerprint density at radius 1 is 1.45 bits per heavy atom. The Balaban J connectivity index is 2.37. The molecule has 0 unspecified atom stereocenters. The van der Waals surface area contributed by atoms with Crippen LogP contribution in [-0.2, 0) is 17.1 Å². The van der Waals surface area contributed by atoms with E-state index in [2.05, 4.69) is 31.1 Å². The van der Waals surface area contributed by atoms with Crippen molar-refractivity contribution in [2.75, 3.05) is 11.8 Å². The van der Waals surface area contributed by atoms with Crippen LogP contribution in [0.15, 0.2) is 26.3 Å². The molecule has 0 spiro atoms. The van der Waals surface area contributed by atoms with E-state index in [1.54, 1.807) is 13.1 Å². The molecule has 0 aromatic carbocycles. The predicted octanol–water partition coefficient (Wildman–Crippen LogP) is 1.40. The fourth-order valence-corrected chi connectivity index (χ4v) is 4.55. The van der Waals surface area contributed by atoms with Crippen LogP contribution in [0.4, 0.5) is 5.69 Å². The Morgan fingerprint density at radius 3 is 2.70 bits per heavy atom. The average molecular weight is 379 g/mol. The summed E-state index contributed by atoms with van der Waals surface area (Å²) in [6, 6.07) is 3.12. The molecule has 0 aliphatic heterocycles. The zero-order valence-corrected chi connectivity index (χ0v) is 13.8. The van der Waals surface area contributed by atoms with Gasteiger partial charge in [-0.05, 0) is 28.1 Å². The smallest absolute Gasteiger partial charge is 0.273 e. The first kappa shape index (κ1) is 15.0. The number of nitrogens with zero attached hydrogens (tertiary/aromatic N) is 2. The number of carbonyl (C=O) groups excluding carboxylic acids is 1. The van der Waals surface area contributed by atoms with Gasteiger partial charge in [-0.25, -0.2) is 8.42 Å². The molecule has 0 fully saturated rings. The Morgan fingerprint density at radius 2 is 2.15 bits per heavy atom. The topological polar surface area (TPSA) is 93.1 Å². The number of nitrogens with one attached hydrogen (secondary N) is 2. The van der Waals surface area contributed by atoms with E-state index in [4.69, 9.17) is 0 Å². The summed E-state index contributed by atoms with van der Waals surface area (Å²) in [5.74, 6) is -0.462. The first-order chi connectivity index (χ1) is 9.33. The number of hydrogen-bond donors (Lipinski definition) is 2. The molecule has 10 heteroatoms. The molecular formula is C10H11BrN4O3S2. The van der Waals surface area contributed by atoms with Gasteiger partial charge in [-0.3, -0.25) is 14.2 Å². The molecule has 0 aliphatic rings. The maximum atomic E-state index is 12.2. The van der Waals surface area contributed by atoms with Crippen LogP contribution in [0.1, 0.15) is 10.5 Å². The van der Waals surface area contributed by atoms with Crippen LogP contribution < -0.4 is 10.0 Å². The first-order valence-corrected chi connectivity index (χ1v) is 8.46. The highest BCUT2D eigenvalue weighted by atomic mass is 79.9. The third kappa shape index (κ3) is 3.02. The van der Waals surface area contributed by atoms with Gasteiger partial charge in [0.05, 0.1) is 9.47 Å². The molecule has 0 bridgehead atoms. The number of carbonyl (C=O) groups is 1. The number of halogens is 1. The van der Waals surface area contributed by atoms with Crippen molar-refractivity contribution in [1.29, 1.82) is 0 Å². The van der Waals surface area contributed by atoms with E-state index in [9.17, 15) is 13.2 Å². The third-order valence-electron chi connectivity index (χ3n) is 2.33. The summed E-state index contributed by atoms with van der Waals surface area (Å²) >= 11 is 4.29.